The maximum absolute atomic E-state index is 10.7. The van der Waals surface area contributed by atoms with Crippen LogP contribution < -0.4 is 0 Å². The molecule has 2 fully saturated rings. The quantitative estimate of drug-likeness (QED) is 0.856. The van der Waals surface area contributed by atoms with E-state index in [2.05, 4.69) is 35.5 Å². The van der Waals surface area contributed by atoms with Gasteiger partial charge in [0.15, 0.2) is 11.9 Å². The summed E-state index contributed by atoms with van der Waals surface area (Å²) < 4.78 is 19.4. The third-order valence-corrected chi connectivity index (χ3v) is 5.09. The monoisotopic (exact) mass is 355 g/mol. The fourth-order valence-corrected chi connectivity index (χ4v) is 3.73. The molecule has 138 valence electrons. The van der Waals surface area contributed by atoms with E-state index < -0.39 is 18.0 Å². The molecule has 4 rings (SSSR count). The van der Waals surface area contributed by atoms with E-state index in [1.165, 1.54) is 10.9 Å². The Morgan fingerprint density at radius 1 is 1.31 bits per heavy atom. The van der Waals surface area contributed by atoms with Gasteiger partial charge in [-0.2, -0.15) is 0 Å². The summed E-state index contributed by atoms with van der Waals surface area (Å²) in [6.07, 6.45) is 4.66. The zero-order chi connectivity index (χ0) is 18.3. The van der Waals surface area contributed by atoms with E-state index in [1.54, 1.807) is 0 Å². The number of rotatable bonds is 4. The molecular weight excluding hydrogens is 330 g/mol. The number of hydrogen-bond acceptors (Lipinski definition) is 4. The van der Waals surface area contributed by atoms with E-state index in [0.29, 0.717) is 12.4 Å². The summed E-state index contributed by atoms with van der Waals surface area (Å²) in [5.41, 5.74) is 1.19. The van der Waals surface area contributed by atoms with Crippen molar-refractivity contribution >= 4 is 10.9 Å². The van der Waals surface area contributed by atoms with Crippen molar-refractivity contribution in [2.24, 2.45) is 5.92 Å². The smallest absolute Gasteiger partial charge is 0.163 e. The maximum atomic E-state index is 10.7. The molecular formula is C21H25NO4. The first-order valence-corrected chi connectivity index (χ1v) is 9.00. The van der Waals surface area contributed by atoms with Crippen LogP contribution in [0.2, 0.25) is 0 Å². The Bertz CT molecular complexity index is 837. The molecule has 0 spiro atoms. The van der Waals surface area contributed by atoms with Crippen LogP contribution in [-0.2, 0) is 20.8 Å². The molecule has 3 heterocycles. The standard InChI is InChI=1S/C21H25NO4/c1-14-16(19(23)20(25-14)18-13-24-21(2,3)26-18)8-6-11-22-12-10-15-7-4-5-9-17(15)22/h4-10,12,16,18-20,23H,1,11,13H2,2-3H3/b8-6+/t16-,18+,19+,20+/m0/s1. The van der Waals surface area contributed by atoms with Crippen molar-refractivity contribution < 1.29 is 19.3 Å². The summed E-state index contributed by atoms with van der Waals surface area (Å²) in [5.74, 6) is -0.308. The molecule has 2 aliphatic heterocycles. The molecule has 1 N–H and O–H groups in total. The van der Waals surface area contributed by atoms with Crippen LogP contribution in [0.5, 0.6) is 0 Å². The van der Waals surface area contributed by atoms with Crippen molar-refractivity contribution in [3.8, 4) is 0 Å². The number of aliphatic hydroxyl groups is 1. The van der Waals surface area contributed by atoms with Gasteiger partial charge in [0.1, 0.15) is 12.2 Å². The number of hydrogen-bond donors (Lipinski definition) is 1. The Morgan fingerprint density at radius 3 is 2.88 bits per heavy atom. The van der Waals surface area contributed by atoms with Crippen molar-refractivity contribution in [2.45, 2.75) is 44.5 Å². The molecule has 26 heavy (non-hydrogen) atoms. The lowest BCUT2D eigenvalue weighted by atomic mass is 9.97. The van der Waals surface area contributed by atoms with Crippen molar-refractivity contribution in [2.75, 3.05) is 6.61 Å². The third kappa shape index (κ3) is 3.18. The predicted molar refractivity (Wildman–Crippen MR) is 99.5 cm³/mol. The van der Waals surface area contributed by atoms with Crippen LogP contribution in [0.1, 0.15) is 13.8 Å². The first-order valence-electron chi connectivity index (χ1n) is 9.00. The van der Waals surface area contributed by atoms with E-state index in [4.69, 9.17) is 14.2 Å². The number of ether oxygens (including phenoxy) is 3. The molecule has 5 nitrogen and oxygen atoms in total. The van der Waals surface area contributed by atoms with Gasteiger partial charge in [-0.05, 0) is 31.4 Å². The highest BCUT2D eigenvalue weighted by atomic mass is 16.8. The molecule has 1 aromatic carbocycles. The SMILES string of the molecule is C=C1O[C@H]([C@H]2COC(C)(C)O2)[C@H](O)[C@H]1/C=C/Cn1ccc2ccccc21. The van der Waals surface area contributed by atoms with Crippen LogP contribution in [0.15, 0.2) is 61.0 Å². The molecule has 2 saturated heterocycles. The van der Waals surface area contributed by atoms with Crippen LogP contribution in [0.3, 0.4) is 0 Å². The largest absolute Gasteiger partial charge is 0.489 e. The molecule has 2 aliphatic rings. The molecule has 0 aliphatic carbocycles. The molecule has 0 bridgehead atoms. The predicted octanol–water partition coefficient (Wildman–Crippen LogP) is 3.24. The number of allylic oxidation sites excluding steroid dienone is 1. The summed E-state index contributed by atoms with van der Waals surface area (Å²) in [6, 6.07) is 10.4. The second-order valence-corrected chi connectivity index (χ2v) is 7.39. The zero-order valence-electron chi connectivity index (χ0n) is 15.2. The van der Waals surface area contributed by atoms with Gasteiger partial charge < -0.3 is 23.9 Å². The summed E-state index contributed by atoms with van der Waals surface area (Å²) in [6.45, 7) is 8.84. The van der Waals surface area contributed by atoms with E-state index in [-0.39, 0.29) is 12.0 Å². The Kier molecular flexibility index (Phi) is 4.39. The average molecular weight is 355 g/mol. The van der Waals surface area contributed by atoms with Gasteiger partial charge in [0.25, 0.3) is 0 Å². The number of fused-ring (bicyclic) bond motifs is 1. The zero-order valence-corrected chi connectivity index (χ0v) is 15.2. The van der Waals surface area contributed by atoms with Gasteiger partial charge >= 0.3 is 0 Å². The minimum Gasteiger partial charge on any atom is -0.489 e. The van der Waals surface area contributed by atoms with Crippen LogP contribution in [0, 0.1) is 5.92 Å². The van der Waals surface area contributed by atoms with Crippen LogP contribution in [0.4, 0.5) is 0 Å². The van der Waals surface area contributed by atoms with Crippen molar-refractivity contribution in [1.82, 2.24) is 4.57 Å². The molecule has 4 atom stereocenters. The Hall–Kier alpha value is -2.08. The Morgan fingerprint density at radius 2 is 2.12 bits per heavy atom. The van der Waals surface area contributed by atoms with Gasteiger partial charge in [0.05, 0.1) is 18.3 Å². The second-order valence-electron chi connectivity index (χ2n) is 7.39. The number of aliphatic hydroxyl groups excluding tert-OH is 1. The van der Waals surface area contributed by atoms with Gasteiger partial charge in [0, 0.05) is 18.3 Å². The number of benzene rings is 1. The van der Waals surface area contributed by atoms with Crippen LogP contribution in [-0.4, -0.2) is 40.4 Å². The van der Waals surface area contributed by atoms with Crippen LogP contribution >= 0.6 is 0 Å². The van der Waals surface area contributed by atoms with E-state index in [0.717, 1.165) is 6.54 Å². The molecule has 1 aromatic heterocycles. The van der Waals surface area contributed by atoms with E-state index >= 15 is 0 Å². The second kappa shape index (κ2) is 6.58. The first-order chi connectivity index (χ1) is 12.4. The topological polar surface area (TPSA) is 52.9 Å². The Balaban J connectivity index is 1.43. The van der Waals surface area contributed by atoms with Gasteiger partial charge in [-0.1, -0.05) is 36.9 Å². The molecule has 5 heteroatoms. The lowest BCUT2D eigenvalue weighted by molar-refractivity contribution is -0.156. The fourth-order valence-electron chi connectivity index (χ4n) is 3.73. The van der Waals surface area contributed by atoms with Gasteiger partial charge in [-0.15, -0.1) is 0 Å². The molecule has 0 saturated carbocycles. The summed E-state index contributed by atoms with van der Waals surface area (Å²) in [7, 11) is 0. The third-order valence-electron chi connectivity index (χ3n) is 5.09. The number of para-hydroxylation sites is 1. The van der Waals surface area contributed by atoms with Gasteiger partial charge in [0.2, 0.25) is 0 Å². The normalized spacial score (nSPS) is 31.1. The fraction of sp³-hybridized carbons (Fsp3) is 0.429. The highest BCUT2D eigenvalue weighted by molar-refractivity contribution is 5.79. The molecule has 0 unspecified atom stereocenters. The van der Waals surface area contributed by atoms with Crippen molar-refractivity contribution in [3.05, 3.63) is 61.0 Å². The van der Waals surface area contributed by atoms with E-state index in [9.17, 15) is 5.11 Å². The average Bonchev–Trinajstić information content (AvgIpc) is 3.26. The lowest BCUT2D eigenvalue weighted by Crippen LogP contribution is -2.39. The molecule has 0 radical (unpaired) electrons. The van der Waals surface area contributed by atoms with Crippen molar-refractivity contribution in [1.29, 1.82) is 0 Å². The first kappa shape index (κ1) is 17.3. The highest BCUT2D eigenvalue weighted by Crippen LogP contribution is 2.36. The molecule has 0 amide bonds. The molecule has 2 aromatic rings. The minimum absolute atomic E-state index is 0.242. The van der Waals surface area contributed by atoms with Crippen LogP contribution in [0.25, 0.3) is 10.9 Å². The highest BCUT2D eigenvalue weighted by Gasteiger charge is 2.48. The maximum Gasteiger partial charge on any atom is 0.163 e. The Labute approximate surface area is 153 Å². The summed E-state index contributed by atoms with van der Waals surface area (Å²) in [4.78, 5) is 0. The summed E-state index contributed by atoms with van der Waals surface area (Å²) >= 11 is 0. The van der Waals surface area contributed by atoms with Gasteiger partial charge in [-0.3, -0.25) is 0 Å². The lowest BCUT2D eigenvalue weighted by Gasteiger charge is -2.22. The van der Waals surface area contributed by atoms with E-state index in [1.807, 2.05) is 38.1 Å². The number of aromatic nitrogens is 1. The summed E-state index contributed by atoms with van der Waals surface area (Å²) in [5, 5.41) is 11.9. The van der Waals surface area contributed by atoms with Crippen molar-refractivity contribution in [3.63, 3.8) is 0 Å². The van der Waals surface area contributed by atoms with Gasteiger partial charge in [-0.25, -0.2) is 0 Å². The number of nitrogens with zero attached hydrogens (tertiary/aromatic N) is 1. The minimum atomic E-state index is -0.692.